The van der Waals surface area contributed by atoms with Crippen LogP contribution in [0.25, 0.3) is 21.9 Å². The number of para-hydroxylation sites is 1. The van der Waals surface area contributed by atoms with E-state index in [1.807, 2.05) is 38.1 Å². The Bertz CT molecular complexity index is 917. The summed E-state index contributed by atoms with van der Waals surface area (Å²) in [5.74, 6) is 1.23. The SMILES string of the molecule is CCOCc1nc2c(N)nc3ccccc3c2n1C/C(CC)=N/OC. The molecule has 0 saturated heterocycles. The summed E-state index contributed by atoms with van der Waals surface area (Å²) in [6.45, 7) is 5.60. The summed E-state index contributed by atoms with van der Waals surface area (Å²) in [5.41, 5.74) is 9.58. The fraction of sp³-hybridized carbons (Fsp3) is 0.389. The second-order valence-electron chi connectivity index (χ2n) is 5.66. The van der Waals surface area contributed by atoms with Crippen LogP contribution in [0.15, 0.2) is 29.4 Å². The van der Waals surface area contributed by atoms with Gasteiger partial charge in [-0.25, -0.2) is 9.97 Å². The van der Waals surface area contributed by atoms with Crippen LogP contribution in [-0.2, 0) is 22.7 Å². The average molecular weight is 341 g/mol. The van der Waals surface area contributed by atoms with Gasteiger partial charge >= 0.3 is 0 Å². The summed E-state index contributed by atoms with van der Waals surface area (Å²) in [4.78, 5) is 14.2. The van der Waals surface area contributed by atoms with Crippen molar-refractivity contribution in [3.8, 4) is 0 Å². The van der Waals surface area contributed by atoms with E-state index >= 15 is 0 Å². The molecule has 0 atom stereocenters. The van der Waals surface area contributed by atoms with Gasteiger partial charge in [-0.15, -0.1) is 0 Å². The van der Waals surface area contributed by atoms with Gasteiger partial charge in [-0.05, 0) is 19.4 Å². The number of pyridine rings is 1. The lowest BCUT2D eigenvalue weighted by atomic mass is 10.2. The van der Waals surface area contributed by atoms with Gasteiger partial charge in [-0.2, -0.15) is 0 Å². The van der Waals surface area contributed by atoms with Gasteiger partial charge in [0.15, 0.2) is 5.82 Å². The van der Waals surface area contributed by atoms with Crippen LogP contribution in [0.5, 0.6) is 0 Å². The number of ether oxygens (including phenoxy) is 1. The van der Waals surface area contributed by atoms with Gasteiger partial charge in [0, 0.05) is 12.0 Å². The Hall–Kier alpha value is -2.67. The van der Waals surface area contributed by atoms with Crippen molar-refractivity contribution in [3.63, 3.8) is 0 Å². The van der Waals surface area contributed by atoms with Crippen molar-refractivity contribution in [1.82, 2.24) is 14.5 Å². The molecule has 0 bridgehead atoms. The first-order valence-corrected chi connectivity index (χ1v) is 8.39. The molecule has 0 unspecified atom stereocenters. The molecule has 0 radical (unpaired) electrons. The number of nitrogen functional groups attached to an aromatic ring is 1. The largest absolute Gasteiger partial charge is 0.399 e. The Balaban J connectivity index is 2.27. The topological polar surface area (TPSA) is 87.6 Å². The Labute approximate surface area is 146 Å². The molecule has 132 valence electrons. The van der Waals surface area contributed by atoms with Crippen LogP contribution in [0.3, 0.4) is 0 Å². The smallest absolute Gasteiger partial charge is 0.152 e. The molecular formula is C18H23N5O2. The molecule has 3 rings (SSSR count). The average Bonchev–Trinajstić information content (AvgIpc) is 2.99. The van der Waals surface area contributed by atoms with E-state index in [1.165, 1.54) is 0 Å². The summed E-state index contributed by atoms with van der Waals surface area (Å²) in [6.07, 6.45) is 0.778. The highest BCUT2D eigenvalue weighted by Gasteiger charge is 2.18. The van der Waals surface area contributed by atoms with Gasteiger partial charge < -0.3 is 19.9 Å². The molecule has 0 fully saturated rings. The minimum Gasteiger partial charge on any atom is -0.399 e. The molecule has 1 aromatic carbocycles. The van der Waals surface area contributed by atoms with Crippen LogP contribution < -0.4 is 5.73 Å². The van der Waals surface area contributed by atoms with E-state index in [0.29, 0.717) is 31.1 Å². The first-order chi connectivity index (χ1) is 12.2. The fourth-order valence-electron chi connectivity index (χ4n) is 2.90. The molecule has 2 aromatic heterocycles. The van der Waals surface area contributed by atoms with Crippen molar-refractivity contribution in [2.45, 2.75) is 33.4 Å². The third-order valence-electron chi connectivity index (χ3n) is 4.09. The third-order valence-corrected chi connectivity index (χ3v) is 4.09. The van der Waals surface area contributed by atoms with E-state index in [-0.39, 0.29) is 0 Å². The molecule has 0 amide bonds. The molecule has 7 nitrogen and oxygen atoms in total. The fourth-order valence-corrected chi connectivity index (χ4v) is 2.90. The van der Waals surface area contributed by atoms with Gasteiger partial charge in [-0.1, -0.05) is 30.3 Å². The van der Waals surface area contributed by atoms with Crippen molar-refractivity contribution in [2.24, 2.45) is 5.16 Å². The van der Waals surface area contributed by atoms with Crippen molar-refractivity contribution < 1.29 is 9.57 Å². The molecular weight excluding hydrogens is 318 g/mol. The van der Waals surface area contributed by atoms with E-state index < -0.39 is 0 Å². The molecule has 25 heavy (non-hydrogen) atoms. The summed E-state index contributed by atoms with van der Waals surface area (Å²) in [7, 11) is 1.56. The maximum atomic E-state index is 6.17. The van der Waals surface area contributed by atoms with Crippen LogP contribution in [0, 0.1) is 0 Å². The Kier molecular flexibility index (Phi) is 5.14. The maximum Gasteiger partial charge on any atom is 0.152 e. The van der Waals surface area contributed by atoms with E-state index in [9.17, 15) is 0 Å². The van der Waals surface area contributed by atoms with Gasteiger partial charge in [0.2, 0.25) is 0 Å². The second-order valence-corrected chi connectivity index (χ2v) is 5.66. The monoisotopic (exact) mass is 341 g/mol. The first-order valence-electron chi connectivity index (χ1n) is 8.39. The van der Waals surface area contributed by atoms with E-state index in [1.54, 1.807) is 7.11 Å². The van der Waals surface area contributed by atoms with Gasteiger partial charge in [0.1, 0.15) is 25.1 Å². The van der Waals surface area contributed by atoms with Crippen LogP contribution in [0.1, 0.15) is 26.1 Å². The lowest BCUT2D eigenvalue weighted by Gasteiger charge is -2.11. The van der Waals surface area contributed by atoms with Crippen LogP contribution in [0.4, 0.5) is 5.82 Å². The quantitative estimate of drug-likeness (QED) is 0.527. The second kappa shape index (κ2) is 7.48. The van der Waals surface area contributed by atoms with Gasteiger partial charge in [0.25, 0.3) is 0 Å². The lowest BCUT2D eigenvalue weighted by molar-refractivity contribution is 0.126. The summed E-state index contributed by atoms with van der Waals surface area (Å²) in [6, 6.07) is 7.93. The number of aromatic nitrogens is 3. The van der Waals surface area contributed by atoms with E-state index in [0.717, 1.165) is 34.4 Å². The van der Waals surface area contributed by atoms with Gasteiger partial charge in [0.05, 0.1) is 23.3 Å². The number of oxime groups is 1. The molecule has 0 aliphatic rings. The molecule has 3 aromatic rings. The standard InChI is InChI=1S/C18H23N5O2/c1-4-12(22-24-3)10-23-15(11-25-5-2)21-16-17(23)13-8-6-7-9-14(13)20-18(16)19/h6-9H,4-5,10-11H2,1-3H3,(H2,19,20)/b22-12+. The molecule has 2 heterocycles. The zero-order valence-electron chi connectivity index (χ0n) is 14.8. The first kappa shape index (κ1) is 17.2. The number of anilines is 1. The number of imidazole rings is 1. The predicted octanol–water partition coefficient (Wildman–Crippen LogP) is 3.12. The number of rotatable bonds is 7. The van der Waals surface area contributed by atoms with Crippen molar-refractivity contribution in [1.29, 1.82) is 0 Å². The molecule has 0 aliphatic heterocycles. The van der Waals surface area contributed by atoms with Crippen LogP contribution >= 0.6 is 0 Å². The Morgan fingerprint density at radius 3 is 2.76 bits per heavy atom. The zero-order chi connectivity index (χ0) is 17.8. The van der Waals surface area contributed by atoms with E-state index in [4.69, 9.17) is 20.3 Å². The summed E-state index contributed by atoms with van der Waals surface area (Å²) < 4.78 is 7.71. The highest BCUT2D eigenvalue weighted by atomic mass is 16.6. The molecule has 0 spiro atoms. The lowest BCUT2D eigenvalue weighted by Crippen LogP contribution is -2.14. The Morgan fingerprint density at radius 1 is 1.24 bits per heavy atom. The van der Waals surface area contributed by atoms with Crippen LogP contribution in [0.2, 0.25) is 0 Å². The molecule has 2 N–H and O–H groups in total. The predicted molar refractivity (Wildman–Crippen MR) is 99.5 cm³/mol. The van der Waals surface area contributed by atoms with Crippen LogP contribution in [-0.4, -0.2) is 34.0 Å². The minimum atomic E-state index is 0.406. The van der Waals surface area contributed by atoms with Crippen molar-refractivity contribution in [3.05, 3.63) is 30.1 Å². The zero-order valence-corrected chi connectivity index (χ0v) is 14.8. The number of nitrogens with two attached hydrogens (primary N) is 1. The summed E-state index contributed by atoms with van der Waals surface area (Å²) >= 11 is 0. The normalized spacial score (nSPS) is 12.2. The number of benzene rings is 1. The third kappa shape index (κ3) is 3.28. The number of hydrogen-bond donors (Lipinski definition) is 1. The van der Waals surface area contributed by atoms with Crippen molar-refractivity contribution in [2.75, 3.05) is 19.5 Å². The molecule has 0 aliphatic carbocycles. The van der Waals surface area contributed by atoms with E-state index in [2.05, 4.69) is 14.7 Å². The summed E-state index contributed by atoms with van der Waals surface area (Å²) in [5, 5.41) is 5.14. The number of nitrogens with zero attached hydrogens (tertiary/aromatic N) is 4. The highest BCUT2D eigenvalue weighted by molar-refractivity contribution is 6.07. The van der Waals surface area contributed by atoms with Crippen molar-refractivity contribution >= 4 is 33.5 Å². The maximum absolute atomic E-state index is 6.17. The molecule has 7 heteroatoms. The Morgan fingerprint density at radius 2 is 2.04 bits per heavy atom. The minimum absolute atomic E-state index is 0.406. The highest BCUT2D eigenvalue weighted by Crippen LogP contribution is 2.29. The number of fused-ring (bicyclic) bond motifs is 3. The number of hydrogen-bond acceptors (Lipinski definition) is 6. The molecule has 0 saturated carbocycles. The van der Waals surface area contributed by atoms with Gasteiger partial charge in [-0.3, -0.25) is 0 Å².